The molecule has 2 rings (SSSR count). The van der Waals surface area contributed by atoms with Gasteiger partial charge >= 0.3 is 0 Å². The van der Waals surface area contributed by atoms with E-state index in [9.17, 15) is 4.39 Å². The molecule has 0 saturated heterocycles. The third-order valence-corrected chi connectivity index (χ3v) is 3.14. The number of hydrogen-bond acceptors (Lipinski definition) is 5. The van der Waals surface area contributed by atoms with Gasteiger partial charge in [-0.15, -0.1) is 0 Å². The molecule has 1 heterocycles. The normalized spacial score (nSPS) is 10.1. The molecule has 5 nitrogen and oxygen atoms in total. The minimum atomic E-state index is -0.364. The van der Waals surface area contributed by atoms with Crippen LogP contribution < -0.4 is 11.5 Å². The predicted molar refractivity (Wildman–Crippen MR) is 73.7 cm³/mol. The van der Waals surface area contributed by atoms with E-state index in [0.717, 1.165) is 0 Å². The van der Waals surface area contributed by atoms with Crippen LogP contribution in [0, 0.1) is 20.7 Å². The molecular weight excluding hydrogens is 348 g/mol. The number of nitrogen functional groups attached to an aromatic ring is 2. The first-order valence-electron chi connectivity index (χ1n) is 4.81. The van der Waals surface area contributed by atoms with Crippen molar-refractivity contribution >= 4 is 34.4 Å². The third-order valence-electron chi connectivity index (χ3n) is 2.25. The Hall–Kier alpha value is -1.95. The van der Waals surface area contributed by atoms with Gasteiger partial charge in [0.15, 0.2) is 0 Å². The first-order chi connectivity index (χ1) is 8.52. The van der Waals surface area contributed by atoms with E-state index in [1.54, 1.807) is 0 Å². The number of rotatable bonds is 1. The topological polar surface area (TPSA) is 102 Å². The molecule has 2 aromatic rings. The number of nitrogens with zero attached hydrogens (tertiary/aromatic N) is 3. The molecule has 0 amide bonds. The first-order valence-corrected chi connectivity index (χ1v) is 5.89. The summed E-state index contributed by atoms with van der Waals surface area (Å²) in [6.45, 7) is 0. The van der Waals surface area contributed by atoms with Gasteiger partial charge in [-0.3, -0.25) is 0 Å². The molecule has 0 fully saturated rings. The van der Waals surface area contributed by atoms with Gasteiger partial charge in [-0.05, 0) is 40.8 Å². The number of halogens is 2. The summed E-state index contributed by atoms with van der Waals surface area (Å²) in [5, 5.41) is 9.07. The SMILES string of the molecule is N#Cc1c(N)nc(N)nc1-c1ccc(F)cc1I. The highest BCUT2D eigenvalue weighted by atomic mass is 127. The van der Waals surface area contributed by atoms with E-state index in [1.165, 1.54) is 18.2 Å². The van der Waals surface area contributed by atoms with Gasteiger partial charge in [0.05, 0.1) is 5.69 Å². The largest absolute Gasteiger partial charge is 0.382 e. The smallest absolute Gasteiger partial charge is 0.222 e. The van der Waals surface area contributed by atoms with Crippen molar-refractivity contribution in [3.8, 4) is 17.3 Å². The molecule has 18 heavy (non-hydrogen) atoms. The lowest BCUT2D eigenvalue weighted by molar-refractivity contribution is 0.627. The summed E-state index contributed by atoms with van der Waals surface area (Å²) in [5.74, 6) is -0.376. The fourth-order valence-corrected chi connectivity index (χ4v) is 2.22. The van der Waals surface area contributed by atoms with Gasteiger partial charge in [0.2, 0.25) is 5.95 Å². The second kappa shape index (κ2) is 4.73. The summed E-state index contributed by atoms with van der Waals surface area (Å²) >= 11 is 1.95. The van der Waals surface area contributed by atoms with Crippen LogP contribution in [0.15, 0.2) is 18.2 Å². The number of hydrogen-bond donors (Lipinski definition) is 2. The van der Waals surface area contributed by atoms with Gasteiger partial charge in [-0.25, -0.2) is 9.37 Å². The van der Waals surface area contributed by atoms with Gasteiger partial charge in [0.25, 0.3) is 0 Å². The zero-order chi connectivity index (χ0) is 13.3. The highest BCUT2D eigenvalue weighted by molar-refractivity contribution is 14.1. The van der Waals surface area contributed by atoms with Crippen molar-refractivity contribution in [3.63, 3.8) is 0 Å². The van der Waals surface area contributed by atoms with Crippen LogP contribution in [0.25, 0.3) is 11.3 Å². The van der Waals surface area contributed by atoms with Gasteiger partial charge in [-0.1, -0.05) is 0 Å². The molecule has 1 aromatic heterocycles. The molecule has 0 spiro atoms. The lowest BCUT2D eigenvalue weighted by Crippen LogP contribution is -2.05. The van der Waals surface area contributed by atoms with Crippen molar-refractivity contribution in [1.29, 1.82) is 5.26 Å². The maximum Gasteiger partial charge on any atom is 0.222 e. The molecule has 0 aliphatic heterocycles. The van der Waals surface area contributed by atoms with E-state index in [0.29, 0.717) is 14.8 Å². The van der Waals surface area contributed by atoms with Crippen molar-refractivity contribution in [2.75, 3.05) is 11.5 Å². The molecule has 90 valence electrons. The quantitative estimate of drug-likeness (QED) is 0.761. The molecule has 7 heteroatoms. The average Bonchev–Trinajstić information content (AvgIpc) is 2.28. The monoisotopic (exact) mass is 355 g/mol. The van der Waals surface area contributed by atoms with Gasteiger partial charge in [0, 0.05) is 9.13 Å². The summed E-state index contributed by atoms with van der Waals surface area (Å²) in [5.41, 5.74) is 12.2. The highest BCUT2D eigenvalue weighted by Gasteiger charge is 2.15. The van der Waals surface area contributed by atoms with E-state index >= 15 is 0 Å². The summed E-state index contributed by atoms with van der Waals surface area (Å²) < 4.78 is 13.7. The number of anilines is 2. The molecule has 0 aliphatic carbocycles. The summed E-state index contributed by atoms with van der Waals surface area (Å²) in [4.78, 5) is 7.73. The Morgan fingerprint density at radius 3 is 2.61 bits per heavy atom. The van der Waals surface area contributed by atoms with E-state index < -0.39 is 0 Å². The third kappa shape index (κ3) is 2.19. The molecule has 0 radical (unpaired) electrons. The standard InChI is InChI=1S/C11H7FIN5/c12-5-1-2-6(8(13)3-5)9-7(4-14)10(15)18-11(16)17-9/h1-3H,(H4,15,16,17,18). The van der Waals surface area contributed by atoms with Crippen LogP contribution >= 0.6 is 22.6 Å². The molecule has 0 bridgehead atoms. The molecular formula is C11H7FIN5. The van der Waals surface area contributed by atoms with Crippen LogP contribution in [0.3, 0.4) is 0 Å². The maximum absolute atomic E-state index is 13.1. The fourth-order valence-electron chi connectivity index (χ4n) is 1.48. The van der Waals surface area contributed by atoms with Gasteiger partial charge < -0.3 is 11.5 Å². The Morgan fingerprint density at radius 2 is 2.00 bits per heavy atom. The maximum atomic E-state index is 13.1. The van der Waals surface area contributed by atoms with Crippen LogP contribution in [0.4, 0.5) is 16.2 Å². The molecule has 4 N–H and O–H groups in total. The second-order valence-electron chi connectivity index (χ2n) is 3.43. The summed E-state index contributed by atoms with van der Waals surface area (Å²) in [7, 11) is 0. The number of nitriles is 1. The lowest BCUT2D eigenvalue weighted by atomic mass is 10.1. The van der Waals surface area contributed by atoms with Gasteiger partial charge in [-0.2, -0.15) is 10.2 Å². The Bertz CT molecular complexity index is 665. The highest BCUT2D eigenvalue weighted by Crippen LogP contribution is 2.29. The van der Waals surface area contributed by atoms with Crippen molar-refractivity contribution in [3.05, 3.63) is 33.1 Å². The Balaban J connectivity index is 2.75. The fraction of sp³-hybridized carbons (Fsp3) is 0. The van der Waals surface area contributed by atoms with Crippen LogP contribution in [0.1, 0.15) is 5.56 Å². The Labute approximate surface area is 116 Å². The van der Waals surface area contributed by atoms with Crippen LogP contribution in [0.2, 0.25) is 0 Å². The Kier molecular flexibility index (Phi) is 3.29. The second-order valence-corrected chi connectivity index (χ2v) is 4.59. The predicted octanol–water partition coefficient (Wildman–Crippen LogP) is 1.92. The average molecular weight is 355 g/mol. The van der Waals surface area contributed by atoms with Crippen molar-refractivity contribution in [2.45, 2.75) is 0 Å². The minimum Gasteiger partial charge on any atom is -0.382 e. The van der Waals surface area contributed by atoms with Crippen molar-refractivity contribution in [1.82, 2.24) is 9.97 Å². The first kappa shape index (κ1) is 12.5. The lowest BCUT2D eigenvalue weighted by Gasteiger charge is -2.08. The number of nitrogens with two attached hydrogens (primary N) is 2. The van der Waals surface area contributed by atoms with Crippen LogP contribution in [0.5, 0.6) is 0 Å². The number of benzene rings is 1. The summed E-state index contributed by atoms with van der Waals surface area (Å²) in [6, 6.07) is 6.08. The van der Waals surface area contributed by atoms with Crippen molar-refractivity contribution < 1.29 is 4.39 Å². The van der Waals surface area contributed by atoms with Gasteiger partial charge in [0.1, 0.15) is 23.3 Å². The zero-order valence-corrected chi connectivity index (χ0v) is 11.1. The molecule has 0 aliphatic rings. The minimum absolute atomic E-state index is 0.0140. The van der Waals surface area contributed by atoms with Crippen molar-refractivity contribution in [2.24, 2.45) is 0 Å². The summed E-state index contributed by atoms with van der Waals surface area (Å²) in [6.07, 6.45) is 0. The molecule has 0 unspecified atom stereocenters. The van der Waals surface area contributed by atoms with E-state index in [4.69, 9.17) is 16.7 Å². The molecule has 1 aromatic carbocycles. The molecule has 0 atom stereocenters. The van der Waals surface area contributed by atoms with E-state index in [2.05, 4.69) is 9.97 Å². The Morgan fingerprint density at radius 1 is 1.28 bits per heavy atom. The molecule has 0 saturated carbocycles. The van der Waals surface area contributed by atoms with Crippen LogP contribution in [-0.2, 0) is 0 Å². The van der Waals surface area contributed by atoms with E-state index in [-0.39, 0.29) is 23.1 Å². The zero-order valence-electron chi connectivity index (χ0n) is 8.98. The van der Waals surface area contributed by atoms with Crippen LogP contribution in [-0.4, -0.2) is 9.97 Å². The number of aromatic nitrogens is 2. The van der Waals surface area contributed by atoms with E-state index in [1.807, 2.05) is 28.7 Å².